The maximum atomic E-state index is 2.92. The zero-order chi connectivity index (χ0) is 4.95. The second-order valence-electron chi connectivity index (χ2n) is 1.27. The molecule has 0 aromatic rings. The van der Waals surface area contributed by atoms with E-state index in [1.165, 1.54) is 0 Å². The summed E-state index contributed by atoms with van der Waals surface area (Å²) in [6.07, 6.45) is 11.6. The zero-order valence-electron chi connectivity index (χ0n) is 3.96. The Morgan fingerprint density at radius 2 is 1.29 bits per heavy atom. The van der Waals surface area contributed by atoms with Crippen molar-refractivity contribution in [1.29, 1.82) is 0 Å². The highest BCUT2D eigenvalue weighted by Crippen LogP contribution is 1.83. The lowest BCUT2D eigenvalue weighted by Crippen LogP contribution is -1.40. The molecule has 0 aromatic carbocycles. The summed E-state index contributed by atoms with van der Waals surface area (Å²) in [7, 11) is 0. The molecule has 0 heterocycles. The van der Waals surface area contributed by atoms with Crippen LogP contribution in [0.25, 0.3) is 0 Å². The molecule has 0 radical (unpaired) electrons. The predicted octanol–water partition coefficient (Wildman–Crippen LogP) is 1.82. The standard InChI is InChI=1S/C7H6/c1-2-4-6-7-5-3-1/h1-6H. The Morgan fingerprint density at radius 1 is 0.714 bits per heavy atom. The number of hydrogen-bond donors (Lipinski definition) is 0. The molecule has 0 aromatic heterocycles. The molecule has 1 aliphatic carbocycles. The van der Waals surface area contributed by atoms with Crippen LogP contribution < -0.4 is 0 Å². The Hall–Kier alpha value is -1.00. The lowest BCUT2D eigenvalue weighted by molar-refractivity contribution is 1.96. The van der Waals surface area contributed by atoms with Gasteiger partial charge in [-0.1, -0.05) is 24.3 Å². The normalized spacial score (nSPS) is 14.9. The summed E-state index contributed by atoms with van der Waals surface area (Å²) in [5.41, 5.74) is 2.92. The van der Waals surface area contributed by atoms with Crippen LogP contribution in [0, 0.1) is 0 Å². The van der Waals surface area contributed by atoms with E-state index in [0.717, 1.165) is 0 Å². The summed E-state index contributed by atoms with van der Waals surface area (Å²) in [5.74, 6) is 0. The summed E-state index contributed by atoms with van der Waals surface area (Å²) in [5, 5.41) is 0. The fourth-order valence-corrected chi connectivity index (χ4v) is 0.406. The highest BCUT2D eigenvalue weighted by Gasteiger charge is 1.62. The first kappa shape index (κ1) is 4.17. The van der Waals surface area contributed by atoms with Crippen molar-refractivity contribution < 1.29 is 0 Å². The first-order valence-electron chi connectivity index (χ1n) is 2.24. The molecular weight excluding hydrogens is 84.1 g/mol. The molecule has 0 atom stereocenters. The molecule has 0 heteroatoms. The van der Waals surface area contributed by atoms with Gasteiger partial charge in [0.1, 0.15) is 0 Å². The highest BCUT2D eigenvalue weighted by molar-refractivity contribution is 5.19. The van der Waals surface area contributed by atoms with Gasteiger partial charge in [-0.25, -0.2) is 0 Å². The molecule has 0 unspecified atom stereocenters. The van der Waals surface area contributed by atoms with Crippen LogP contribution in [0.15, 0.2) is 42.2 Å². The fourth-order valence-electron chi connectivity index (χ4n) is 0.406. The molecule has 0 N–H and O–H groups in total. The Labute approximate surface area is 43.2 Å². The monoisotopic (exact) mass is 90.0 g/mol. The van der Waals surface area contributed by atoms with Crippen molar-refractivity contribution in [2.75, 3.05) is 0 Å². The number of rotatable bonds is 0. The van der Waals surface area contributed by atoms with Crippen LogP contribution in [-0.4, -0.2) is 0 Å². The third-order valence-corrected chi connectivity index (χ3v) is 0.718. The maximum absolute atomic E-state index is 2.92. The van der Waals surface area contributed by atoms with Gasteiger partial charge in [0.2, 0.25) is 0 Å². The fraction of sp³-hybridized carbons (Fsp3) is 0. The highest BCUT2D eigenvalue weighted by atomic mass is 13.7. The lowest BCUT2D eigenvalue weighted by atomic mass is 10.5. The molecule has 0 saturated heterocycles. The van der Waals surface area contributed by atoms with E-state index in [1.807, 2.05) is 36.5 Å². The Balaban J connectivity index is 2.86. The van der Waals surface area contributed by atoms with Gasteiger partial charge in [0.05, 0.1) is 0 Å². The van der Waals surface area contributed by atoms with Crippen LogP contribution in [-0.2, 0) is 0 Å². The summed E-state index contributed by atoms with van der Waals surface area (Å²) in [6.45, 7) is 0. The average molecular weight is 90.1 g/mol. The zero-order valence-corrected chi connectivity index (χ0v) is 3.96. The van der Waals surface area contributed by atoms with Crippen LogP contribution in [0.4, 0.5) is 0 Å². The van der Waals surface area contributed by atoms with E-state index in [0.29, 0.717) is 0 Å². The molecule has 34 valence electrons. The van der Waals surface area contributed by atoms with Crippen molar-refractivity contribution in [2.24, 2.45) is 0 Å². The van der Waals surface area contributed by atoms with E-state index in [1.54, 1.807) is 0 Å². The maximum Gasteiger partial charge on any atom is -0.0200 e. The van der Waals surface area contributed by atoms with Crippen LogP contribution in [0.3, 0.4) is 0 Å². The van der Waals surface area contributed by atoms with Gasteiger partial charge in [0.15, 0.2) is 0 Å². The van der Waals surface area contributed by atoms with Gasteiger partial charge in [-0.3, -0.25) is 0 Å². The minimum absolute atomic E-state index is 1.88. The molecule has 0 fully saturated rings. The van der Waals surface area contributed by atoms with Gasteiger partial charge in [0, 0.05) is 0 Å². The summed E-state index contributed by atoms with van der Waals surface area (Å²) in [4.78, 5) is 0. The van der Waals surface area contributed by atoms with Crippen LogP contribution in [0.5, 0.6) is 0 Å². The number of hydrogen-bond acceptors (Lipinski definition) is 0. The van der Waals surface area contributed by atoms with Crippen LogP contribution in [0.2, 0.25) is 0 Å². The minimum Gasteiger partial charge on any atom is -0.121 e. The van der Waals surface area contributed by atoms with Crippen molar-refractivity contribution in [3.8, 4) is 0 Å². The lowest BCUT2D eigenvalue weighted by Gasteiger charge is -1.60. The number of allylic oxidation sites excluding steroid dienone is 5. The van der Waals surface area contributed by atoms with Gasteiger partial charge in [-0.05, 0) is 12.2 Å². The van der Waals surface area contributed by atoms with Crippen molar-refractivity contribution in [3.63, 3.8) is 0 Å². The van der Waals surface area contributed by atoms with E-state index >= 15 is 0 Å². The Kier molecular flexibility index (Phi) is 1.32. The first-order chi connectivity index (χ1) is 3.50. The van der Waals surface area contributed by atoms with Crippen molar-refractivity contribution >= 4 is 0 Å². The van der Waals surface area contributed by atoms with E-state index < -0.39 is 0 Å². The van der Waals surface area contributed by atoms with Crippen molar-refractivity contribution in [1.82, 2.24) is 0 Å². The second kappa shape index (κ2) is 2.22. The molecule has 1 rings (SSSR count). The molecule has 0 aliphatic heterocycles. The molecule has 0 saturated carbocycles. The molecule has 0 amide bonds. The van der Waals surface area contributed by atoms with Crippen molar-refractivity contribution in [2.45, 2.75) is 0 Å². The van der Waals surface area contributed by atoms with Crippen LogP contribution >= 0.6 is 0 Å². The minimum atomic E-state index is 1.88. The van der Waals surface area contributed by atoms with E-state index in [4.69, 9.17) is 0 Å². The van der Waals surface area contributed by atoms with Gasteiger partial charge in [0.25, 0.3) is 0 Å². The quantitative estimate of drug-likeness (QED) is 0.398. The first-order valence-corrected chi connectivity index (χ1v) is 2.24. The topological polar surface area (TPSA) is 0 Å². The summed E-state index contributed by atoms with van der Waals surface area (Å²) < 4.78 is 0. The Bertz CT molecular complexity index is 137. The van der Waals surface area contributed by atoms with Gasteiger partial charge >= 0.3 is 0 Å². The molecule has 7 heavy (non-hydrogen) atoms. The van der Waals surface area contributed by atoms with Gasteiger partial charge in [-0.2, -0.15) is 0 Å². The van der Waals surface area contributed by atoms with Gasteiger partial charge in [-0.15, -0.1) is 5.73 Å². The average Bonchev–Trinajstić information content (AvgIpc) is 1.90. The second-order valence-corrected chi connectivity index (χ2v) is 1.27. The summed E-state index contributed by atoms with van der Waals surface area (Å²) >= 11 is 0. The summed E-state index contributed by atoms with van der Waals surface area (Å²) in [6, 6.07) is 0. The van der Waals surface area contributed by atoms with Gasteiger partial charge < -0.3 is 0 Å². The Morgan fingerprint density at radius 3 is 1.86 bits per heavy atom. The van der Waals surface area contributed by atoms with Crippen LogP contribution in [0.1, 0.15) is 0 Å². The third kappa shape index (κ3) is 1.25. The van der Waals surface area contributed by atoms with E-state index in [-0.39, 0.29) is 0 Å². The van der Waals surface area contributed by atoms with E-state index in [2.05, 4.69) is 5.73 Å². The third-order valence-electron chi connectivity index (χ3n) is 0.718. The van der Waals surface area contributed by atoms with E-state index in [9.17, 15) is 0 Å². The molecule has 1 aliphatic rings. The molecule has 0 bridgehead atoms. The van der Waals surface area contributed by atoms with Crippen molar-refractivity contribution in [3.05, 3.63) is 42.2 Å². The molecular formula is C7H6. The smallest absolute Gasteiger partial charge is 0.0200 e. The SMILES string of the molecule is C1=CC=CC=CC=1. The predicted molar refractivity (Wildman–Crippen MR) is 30.9 cm³/mol. The largest absolute Gasteiger partial charge is 0.121 e. The molecule has 0 nitrogen and oxygen atoms in total. The molecule has 0 spiro atoms.